The highest BCUT2D eigenvalue weighted by Crippen LogP contribution is 2.37. The Labute approximate surface area is 116 Å². The zero-order valence-electron chi connectivity index (χ0n) is 12.1. The minimum Gasteiger partial charge on any atom is -0.376 e. The lowest BCUT2D eigenvalue weighted by atomic mass is 9.69. The van der Waals surface area contributed by atoms with Gasteiger partial charge in [-0.05, 0) is 24.7 Å². The monoisotopic (exact) mass is 290 g/mol. The average Bonchev–Trinajstić information content (AvgIpc) is 2.33. The number of hydrogen-bond donors (Lipinski definition) is 2. The molecule has 3 N–H and O–H groups in total. The van der Waals surface area contributed by atoms with Crippen LogP contribution in [-0.2, 0) is 14.8 Å². The first kappa shape index (κ1) is 15.2. The smallest absolute Gasteiger partial charge is 0.212 e. The molecule has 0 aromatic heterocycles. The first-order valence-corrected chi connectivity index (χ1v) is 8.72. The molecule has 1 aliphatic heterocycles. The van der Waals surface area contributed by atoms with Gasteiger partial charge < -0.3 is 10.5 Å². The van der Waals surface area contributed by atoms with Crippen molar-refractivity contribution in [3.63, 3.8) is 0 Å². The van der Waals surface area contributed by atoms with Gasteiger partial charge in [-0.3, -0.25) is 0 Å². The van der Waals surface area contributed by atoms with Crippen molar-refractivity contribution in [2.75, 3.05) is 12.4 Å². The first-order chi connectivity index (χ1) is 8.70. The molecule has 4 atom stereocenters. The molecule has 0 aromatic rings. The predicted molar refractivity (Wildman–Crippen MR) is 75.2 cm³/mol. The summed E-state index contributed by atoms with van der Waals surface area (Å²) in [5.41, 5.74) is 6.07. The van der Waals surface area contributed by atoms with E-state index in [9.17, 15) is 8.42 Å². The summed E-state index contributed by atoms with van der Waals surface area (Å²) < 4.78 is 32.5. The molecule has 2 aliphatic rings. The van der Waals surface area contributed by atoms with Gasteiger partial charge in [0, 0.05) is 18.6 Å². The van der Waals surface area contributed by atoms with Crippen LogP contribution >= 0.6 is 0 Å². The number of rotatable bonds is 4. The Morgan fingerprint density at radius 2 is 2.05 bits per heavy atom. The number of nitrogens with one attached hydrogen (secondary N) is 1. The highest BCUT2D eigenvalue weighted by atomic mass is 32.2. The standard InChI is InChI=1S/C13H26N2O3S/c1-13(2,3)6-8-19(16,17)15-11-10(14)9-5-4-7-18-12(9)11/h9-12,15H,4-8,14H2,1-3H3. The third-order valence-corrected chi connectivity index (χ3v) is 5.49. The van der Waals surface area contributed by atoms with E-state index >= 15 is 0 Å². The second-order valence-electron chi connectivity index (χ2n) is 6.99. The van der Waals surface area contributed by atoms with Crippen molar-refractivity contribution in [3.8, 4) is 0 Å². The van der Waals surface area contributed by atoms with E-state index in [2.05, 4.69) is 4.72 Å². The van der Waals surface area contributed by atoms with Crippen LogP contribution in [0.5, 0.6) is 0 Å². The summed E-state index contributed by atoms with van der Waals surface area (Å²) in [5.74, 6) is 0.473. The number of sulfonamides is 1. The average molecular weight is 290 g/mol. The Morgan fingerprint density at radius 1 is 1.37 bits per heavy atom. The van der Waals surface area contributed by atoms with Gasteiger partial charge in [-0.25, -0.2) is 13.1 Å². The van der Waals surface area contributed by atoms with Crippen LogP contribution in [0.25, 0.3) is 0 Å². The lowest BCUT2D eigenvalue weighted by Gasteiger charge is -2.52. The van der Waals surface area contributed by atoms with Gasteiger partial charge in [-0.1, -0.05) is 20.8 Å². The lowest BCUT2D eigenvalue weighted by Crippen LogP contribution is -2.72. The molecule has 0 spiro atoms. The summed E-state index contributed by atoms with van der Waals surface area (Å²) in [6, 6.07) is -0.343. The van der Waals surface area contributed by atoms with Crippen LogP contribution in [0.2, 0.25) is 0 Å². The molecule has 0 amide bonds. The summed E-state index contributed by atoms with van der Waals surface area (Å²) in [5, 5.41) is 0. The number of fused-ring (bicyclic) bond motifs is 1. The van der Waals surface area contributed by atoms with E-state index in [4.69, 9.17) is 10.5 Å². The van der Waals surface area contributed by atoms with Crippen LogP contribution in [0.4, 0.5) is 0 Å². The van der Waals surface area contributed by atoms with Crippen LogP contribution in [0.15, 0.2) is 0 Å². The maximum absolute atomic E-state index is 12.1. The number of nitrogens with two attached hydrogens (primary N) is 1. The number of hydrogen-bond acceptors (Lipinski definition) is 4. The molecule has 1 saturated heterocycles. The molecule has 112 valence electrons. The minimum atomic E-state index is -3.27. The van der Waals surface area contributed by atoms with Crippen molar-refractivity contribution in [2.24, 2.45) is 17.1 Å². The molecule has 1 saturated carbocycles. The maximum atomic E-state index is 12.1. The molecule has 1 aliphatic carbocycles. The van der Waals surface area contributed by atoms with Gasteiger partial charge in [0.2, 0.25) is 10.0 Å². The topological polar surface area (TPSA) is 81.4 Å². The Bertz CT molecular complexity index is 416. The van der Waals surface area contributed by atoms with E-state index in [-0.39, 0.29) is 29.4 Å². The molecule has 1 heterocycles. The van der Waals surface area contributed by atoms with E-state index < -0.39 is 10.0 Å². The highest BCUT2D eigenvalue weighted by molar-refractivity contribution is 7.89. The van der Waals surface area contributed by atoms with Gasteiger partial charge >= 0.3 is 0 Å². The van der Waals surface area contributed by atoms with Gasteiger partial charge in [-0.15, -0.1) is 0 Å². The zero-order chi connectivity index (χ0) is 14.3. The van der Waals surface area contributed by atoms with E-state index in [1.54, 1.807) is 0 Å². The fraction of sp³-hybridized carbons (Fsp3) is 1.00. The van der Waals surface area contributed by atoms with E-state index in [1.165, 1.54) is 0 Å². The van der Waals surface area contributed by atoms with Gasteiger partial charge in [0.25, 0.3) is 0 Å². The summed E-state index contributed by atoms with van der Waals surface area (Å²) in [6.45, 7) is 6.84. The molecule has 6 heteroatoms. The maximum Gasteiger partial charge on any atom is 0.212 e. The quantitative estimate of drug-likeness (QED) is 0.804. The highest BCUT2D eigenvalue weighted by Gasteiger charge is 2.51. The number of ether oxygens (including phenoxy) is 1. The molecule has 0 radical (unpaired) electrons. The Hall–Kier alpha value is -0.170. The first-order valence-electron chi connectivity index (χ1n) is 7.07. The Balaban J connectivity index is 1.90. The van der Waals surface area contributed by atoms with Crippen LogP contribution < -0.4 is 10.5 Å². The van der Waals surface area contributed by atoms with Crippen molar-refractivity contribution in [1.29, 1.82) is 0 Å². The fourth-order valence-electron chi connectivity index (χ4n) is 2.80. The summed E-state index contributed by atoms with van der Waals surface area (Å²) in [4.78, 5) is 0. The van der Waals surface area contributed by atoms with Gasteiger partial charge in [0.15, 0.2) is 0 Å². The van der Waals surface area contributed by atoms with E-state index in [0.717, 1.165) is 12.8 Å². The molecular weight excluding hydrogens is 264 g/mol. The molecule has 5 nitrogen and oxygen atoms in total. The summed E-state index contributed by atoms with van der Waals surface area (Å²) >= 11 is 0. The van der Waals surface area contributed by atoms with E-state index in [0.29, 0.717) is 18.9 Å². The molecular formula is C13H26N2O3S. The van der Waals surface area contributed by atoms with Crippen molar-refractivity contribution < 1.29 is 13.2 Å². The largest absolute Gasteiger partial charge is 0.376 e. The third-order valence-electron chi connectivity index (χ3n) is 4.11. The lowest BCUT2D eigenvalue weighted by molar-refractivity contribution is -0.114. The van der Waals surface area contributed by atoms with Crippen LogP contribution in [-0.4, -0.2) is 39.0 Å². The molecule has 2 rings (SSSR count). The molecule has 0 aromatic carbocycles. The van der Waals surface area contributed by atoms with Gasteiger partial charge in [-0.2, -0.15) is 0 Å². The normalized spacial score (nSPS) is 35.6. The van der Waals surface area contributed by atoms with Crippen molar-refractivity contribution >= 4 is 10.0 Å². The van der Waals surface area contributed by atoms with Crippen molar-refractivity contribution in [3.05, 3.63) is 0 Å². The van der Waals surface area contributed by atoms with Gasteiger partial charge in [0.05, 0.1) is 17.9 Å². The molecule has 19 heavy (non-hydrogen) atoms. The summed E-state index contributed by atoms with van der Waals surface area (Å²) in [6.07, 6.45) is 2.69. The zero-order valence-corrected chi connectivity index (χ0v) is 12.9. The minimum absolute atomic E-state index is 0.0142. The third kappa shape index (κ3) is 3.68. The fourth-order valence-corrected chi connectivity index (χ4v) is 4.50. The molecule has 0 bridgehead atoms. The van der Waals surface area contributed by atoms with E-state index in [1.807, 2.05) is 20.8 Å². The van der Waals surface area contributed by atoms with Crippen molar-refractivity contribution in [1.82, 2.24) is 4.72 Å². The van der Waals surface area contributed by atoms with Crippen LogP contribution in [0.3, 0.4) is 0 Å². The molecule has 2 fully saturated rings. The SMILES string of the molecule is CC(C)(C)CCS(=O)(=O)NC1C(N)C2CCCOC21. The van der Waals surface area contributed by atoms with Crippen molar-refractivity contribution in [2.45, 2.75) is 58.2 Å². The second-order valence-corrected chi connectivity index (χ2v) is 8.87. The summed E-state index contributed by atoms with van der Waals surface area (Å²) in [7, 11) is -3.27. The van der Waals surface area contributed by atoms with Gasteiger partial charge in [0.1, 0.15) is 0 Å². The Kier molecular flexibility index (Phi) is 4.26. The van der Waals surface area contributed by atoms with Crippen LogP contribution in [0.1, 0.15) is 40.0 Å². The second kappa shape index (κ2) is 5.31. The predicted octanol–water partition coefficient (Wildman–Crippen LogP) is 0.847. The van der Waals surface area contributed by atoms with Crippen LogP contribution in [0, 0.1) is 11.3 Å². The molecule has 4 unspecified atom stereocenters. The Morgan fingerprint density at radius 3 is 2.68 bits per heavy atom.